The van der Waals surface area contributed by atoms with Crippen molar-refractivity contribution in [1.29, 1.82) is 0 Å². The number of rotatable bonds is 7. The first-order chi connectivity index (χ1) is 15.6. The normalized spacial score (nSPS) is 11.8. The zero-order valence-corrected chi connectivity index (χ0v) is 18.6. The third kappa shape index (κ3) is 4.53. The third-order valence-electron chi connectivity index (χ3n) is 5.03. The Balaban J connectivity index is 1.69. The van der Waals surface area contributed by atoms with Crippen LogP contribution < -0.4 is 15.6 Å². The second-order valence-corrected chi connectivity index (χ2v) is 8.29. The van der Waals surface area contributed by atoms with E-state index in [4.69, 9.17) is 9.72 Å². The number of carbonyl (C=O) groups is 1. The fourth-order valence-corrected chi connectivity index (χ4v) is 4.37. The number of methoxy groups -OCH3 is 1. The van der Waals surface area contributed by atoms with Crippen molar-refractivity contribution in [1.82, 2.24) is 9.55 Å². The summed E-state index contributed by atoms with van der Waals surface area (Å²) < 4.78 is 6.75. The van der Waals surface area contributed by atoms with E-state index < -0.39 is 5.25 Å². The molecule has 1 amide bonds. The zero-order chi connectivity index (χ0) is 22.5. The molecule has 4 aromatic rings. The molecule has 0 aliphatic heterocycles. The average Bonchev–Trinajstić information content (AvgIpc) is 2.83. The van der Waals surface area contributed by atoms with Crippen molar-refractivity contribution in [3.8, 4) is 11.4 Å². The van der Waals surface area contributed by atoms with Crippen molar-refractivity contribution >= 4 is 34.3 Å². The van der Waals surface area contributed by atoms with Gasteiger partial charge in [-0.2, -0.15) is 0 Å². The average molecular weight is 446 g/mol. The molecule has 32 heavy (non-hydrogen) atoms. The summed E-state index contributed by atoms with van der Waals surface area (Å²) in [5, 5.41) is 3.54. The molecule has 1 unspecified atom stereocenters. The van der Waals surface area contributed by atoms with Crippen molar-refractivity contribution in [2.45, 2.75) is 23.8 Å². The minimum absolute atomic E-state index is 0.148. The van der Waals surface area contributed by atoms with E-state index in [1.165, 1.54) is 11.8 Å². The van der Waals surface area contributed by atoms with Gasteiger partial charge < -0.3 is 10.1 Å². The predicted octanol–water partition coefficient (Wildman–Crippen LogP) is 4.90. The zero-order valence-electron chi connectivity index (χ0n) is 17.8. The van der Waals surface area contributed by atoms with Crippen LogP contribution in [0.1, 0.15) is 13.3 Å². The molecule has 0 aliphatic rings. The highest BCUT2D eigenvalue weighted by atomic mass is 32.2. The van der Waals surface area contributed by atoms with Gasteiger partial charge in [-0.25, -0.2) is 4.98 Å². The van der Waals surface area contributed by atoms with Gasteiger partial charge in [-0.1, -0.05) is 49.0 Å². The van der Waals surface area contributed by atoms with Crippen molar-refractivity contribution in [3.63, 3.8) is 0 Å². The van der Waals surface area contributed by atoms with E-state index in [0.717, 1.165) is 5.75 Å². The van der Waals surface area contributed by atoms with E-state index in [1.54, 1.807) is 42.0 Å². The number of hydrogen-bond donors (Lipinski definition) is 1. The van der Waals surface area contributed by atoms with E-state index in [-0.39, 0.29) is 11.5 Å². The van der Waals surface area contributed by atoms with Gasteiger partial charge >= 0.3 is 0 Å². The number of anilines is 1. The lowest BCUT2D eigenvalue weighted by molar-refractivity contribution is -0.115. The topological polar surface area (TPSA) is 73.2 Å². The quantitative estimate of drug-likeness (QED) is 0.323. The Morgan fingerprint density at radius 3 is 2.41 bits per heavy atom. The van der Waals surface area contributed by atoms with Gasteiger partial charge in [-0.15, -0.1) is 0 Å². The fourth-order valence-electron chi connectivity index (χ4n) is 3.34. The van der Waals surface area contributed by atoms with Gasteiger partial charge in [-0.05, 0) is 55.0 Å². The molecule has 0 saturated heterocycles. The van der Waals surface area contributed by atoms with Crippen molar-refractivity contribution in [2.24, 2.45) is 0 Å². The highest BCUT2D eigenvalue weighted by molar-refractivity contribution is 8.00. The Morgan fingerprint density at radius 2 is 1.72 bits per heavy atom. The van der Waals surface area contributed by atoms with Crippen LogP contribution in [-0.2, 0) is 4.79 Å². The summed E-state index contributed by atoms with van der Waals surface area (Å²) in [5.41, 5.74) is 1.85. The van der Waals surface area contributed by atoms with Crippen LogP contribution in [-0.4, -0.2) is 27.8 Å². The number of nitrogens with zero attached hydrogens (tertiary/aromatic N) is 2. The maximum Gasteiger partial charge on any atom is 0.266 e. The number of ether oxygens (including phenoxy) is 1. The number of para-hydroxylation sites is 2. The number of benzene rings is 3. The molecule has 0 saturated carbocycles. The number of nitrogens with one attached hydrogen (secondary N) is 1. The number of amides is 1. The highest BCUT2D eigenvalue weighted by Gasteiger charge is 2.22. The Bertz CT molecular complexity index is 1290. The van der Waals surface area contributed by atoms with Gasteiger partial charge in [0, 0.05) is 5.69 Å². The largest absolute Gasteiger partial charge is 0.497 e. The maximum atomic E-state index is 13.3. The molecule has 162 valence electrons. The second-order valence-electron chi connectivity index (χ2n) is 7.12. The van der Waals surface area contributed by atoms with Gasteiger partial charge in [0.05, 0.1) is 29.0 Å². The van der Waals surface area contributed by atoms with E-state index in [1.807, 2.05) is 55.5 Å². The van der Waals surface area contributed by atoms with Crippen LogP contribution in [0.4, 0.5) is 5.69 Å². The van der Waals surface area contributed by atoms with Crippen LogP contribution in [0.5, 0.6) is 5.75 Å². The van der Waals surface area contributed by atoms with Crippen LogP contribution >= 0.6 is 11.8 Å². The van der Waals surface area contributed by atoms with Crippen molar-refractivity contribution in [2.75, 3.05) is 12.4 Å². The molecular formula is C25H23N3O3S. The molecule has 0 aliphatic carbocycles. The molecule has 3 aromatic carbocycles. The number of thioether (sulfide) groups is 1. The third-order valence-corrected chi connectivity index (χ3v) is 6.34. The molecule has 0 radical (unpaired) electrons. The molecule has 4 rings (SSSR count). The number of fused-ring (bicyclic) bond motifs is 1. The van der Waals surface area contributed by atoms with Gasteiger partial charge in [0.25, 0.3) is 5.56 Å². The van der Waals surface area contributed by atoms with Gasteiger partial charge in [-0.3, -0.25) is 14.2 Å². The number of carbonyl (C=O) groups excluding carboxylic acids is 1. The van der Waals surface area contributed by atoms with E-state index in [0.29, 0.717) is 33.9 Å². The van der Waals surface area contributed by atoms with Crippen LogP contribution in [0.2, 0.25) is 0 Å². The Kier molecular flexibility index (Phi) is 6.56. The van der Waals surface area contributed by atoms with Gasteiger partial charge in [0.1, 0.15) is 5.75 Å². The van der Waals surface area contributed by atoms with E-state index >= 15 is 0 Å². The summed E-state index contributed by atoms with van der Waals surface area (Å²) in [6.45, 7) is 1.94. The summed E-state index contributed by atoms with van der Waals surface area (Å²) in [5.74, 6) is 0.571. The lowest BCUT2D eigenvalue weighted by Crippen LogP contribution is -2.27. The monoisotopic (exact) mass is 445 g/mol. The SMILES string of the molecule is CCC(Sc1nc2ccccc2c(=O)n1-c1ccccc1)C(=O)Nc1ccc(OC)cc1. The molecule has 1 aromatic heterocycles. The highest BCUT2D eigenvalue weighted by Crippen LogP contribution is 2.28. The molecule has 0 bridgehead atoms. The van der Waals surface area contributed by atoms with Crippen molar-refractivity contribution < 1.29 is 9.53 Å². The molecule has 6 nitrogen and oxygen atoms in total. The summed E-state index contributed by atoms with van der Waals surface area (Å²) >= 11 is 1.29. The summed E-state index contributed by atoms with van der Waals surface area (Å²) in [7, 11) is 1.60. The Hall–Kier alpha value is -3.58. The first-order valence-corrected chi connectivity index (χ1v) is 11.2. The van der Waals surface area contributed by atoms with Gasteiger partial charge in [0.2, 0.25) is 5.91 Å². The summed E-state index contributed by atoms with van der Waals surface area (Å²) in [6.07, 6.45) is 0.574. The smallest absolute Gasteiger partial charge is 0.266 e. The fraction of sp³-hybridized carbons (Fsp3) is 0.160. The standard InChI is InChI=1S/C25H23N3O3S/c1-3-22(23(29)26-17-13-15-19(31-2)16-14-17)32-25-27-21-12-8-7-11-20(21)24(30)28(25)18-9-5-4-6-10-18/h4-16,22H,3H2,1-2H3,(H,26,29). The second kappa shape index (κ2) is 9.70. The molecule has 1 heterocycles. The lowest BCUT2D eigenvalue weighted by atomic mass is 10.2. The first kappa shape index (κ1) is 21.6. The molecule has 0 fully saturated rings. The van der Waals surface area contributed by atoms with Crippen LogP contribution in [0.25, 0.3) is 16.6 Å². The van der Waals surface area contributed by atoms with Crippen LogP contribution in [0.3, 0.4) is 0 Å². The Labute approximate surface area is 190 Å². The number of hydrogen-bond acceptors (Lipinski definition) is 5. The molecular weight excluding hydrogens is 422 g/mol. The van der Waals surface area contributed by atoms with E-state index in [2.05, 4.69) is 5.32 Å². The molecule has 1 N–H and O–H groups in total. The maximum absolute atomic E-state index is 13.3. The van der Waals surface area contributed by atoms with Crippen molar-refractivity contribution in [3.05, 3.63) is 89.2 Å². The first-order valence-electron chi connectivity index (χ1n) is 10.3. The minimum Gasteiger partial charge on any atom is -0.497 e. The van der Waals surface area contributed by atoms with Gasteiger partial charge in [0.15, 0.2) is 5.16 Å². The molecule has 0 spiro atoms. The van der Waals surface area contributed by atoms with Crippen LogP contribution in [0, 0.1) is 0 Å². The van der Waals surface area contributed by atoms with E-state index in [9.17, 15) is 9.59 Å². The summed E-state index contributed by atoms with van der Waals surface area (Å²) in [4.78, 5) is 31.1. The molecule has 7 heteroatoms. The lowest BCUT2D eigenvalue weighted by Gasteiger charge is -2.18. The van der Waals surface area contributed by atoms with Crippen LogP contribution in [0.15, 0.2) is 88.8 Å². The number of aromatic nitrogens is 2. The predicted molar refractivity (Wildman–Crippen MR) is 129 cm³/mol. The molecule has 1 atom stereocenters. The minimum atomic E-state index is -0.430. The Morgan fingerprint density at radius 1 is 1.03 bits per heavy atom. The summed E-state index contributed by atoms with van der Waals surface area (Å²) in [6, 6.07) is 23.8.